The fourth-order valence-electron chi connectivity index (χ4n) is 7.13. The van der Waals surface area contributed by atoms with Crippen molar-refractivity contribution in [1.29, 1.82) is 0 Å². The van der Waals surface area contributed by atoms with Gasteiger partial charge in [0, 0.05) is 41.2 Å². The predicted molar refractivity (Wildman–Crippen MR) is 226 cm³/mol. The van der Waals surface area contributed by atoms with Crippen LogP contribution >= 0.6 is 0 Å². The molecule has 0 radical (unpaired) electrons. The van der Waals surface area contributed by atoms with E-state index < -0.39 is 0 Å². The molecule has 0 atom stereocenters. The third-order valence-electron chi connectivity index (χ3n) is 9.97. The van der Waals surface area contributed by atoms with Crippen LogP contribution in [0.15, 0.2) is 176 Å². The van der Waals surface area contributed by atoms with Gasteiger partial charge in [0.25, 0.3) is 0 Å². The lowest BCUT2D eigenvalue weighted by molar-refractivity contribution is 0.415. The number of ether oxygens (including phenoxy) is 2. The highest BCUT2D eigenvalue weighted by atomic mass is 16.5. The minimum absolute atomic E-state index is 0.717. The summed E-state index contributed by atoms with van der Waals surface area (Å²) in [6.07, 6.45) is 3.90. The lowest BCUT2D eigenvalue weighted by Crippen LogP contribution is -2.12. The molecule has 0 fully saturated rings. The molecule has 0 aliphatic carbocycles. The van der Waals surface area contributed by atoms with Crippen LogP contribution in [0.1, 0.15) is 11.1 Å². The first-order chi connectivity index (χ1) is 27.0. The molecule has 0 N–H and O–H groups in total. The second kappa shape index (κ2) is 15.6. The standard InChI is InChI=1S/C50H41N3O2/c1-34-32-51-48(30-46(34)37-18-10-6-11-19-37)39-24-41(28-43(26-39)54-3)53(50-23-15-14-22-45(50)36-16-8-5-9-17-36)42-25-40(27-44(29-42)55-4)49-31-47(35(2)33-52-49)38-20-12-7-13-21-38/h5-33H,1-4H3. The highest BCUT2D eigenvalue weighted by Crippen LogP contribution is 2.45. The Balaban J connectivity index is 1.35. The fourth-order valence-corrected chi connectivity index (χ4v) is 7.13. The largest absolute Gasteiger partial charge is 0.497 e. The number of nitrogens with zero attached hydrogens (tertiary/aromatic N) is 3. The van der Waals surface area contributed by atoms with E-state index in [-0.39, 0.29) is 0 Å². The molecule has 0 amide bonds. The van der Waals surface area contributed by atoms with Crippen molar-refractivity contribution < 1.29 is 9.47 Å². The van der Waals surface area contributed by atoms with E-state index in [0.29, 0.717) is 11.5 Å². The van der Waals surface area contributed by atoms with Crippen LogP contribution in [0, 0.1) is 13.8 Å². The van der Waals surface area contributed by atoms with Crippen molar-refractivity contribution >= 4 is 17.1 Å². The van der Waals surface area contributed by atoms with E-state index in [1.165, 1.54) is 0 Å². The van der Waals surface area contributed by atoms with Gasteiger partial charge in [0.1, 0.15) is 11.5 Å². The normalized spacial score (nSPS) is 10.9. The Kier molecular flexibility index (Phi) is 9.92. The number of rotatable bonds is 10. The number of methoxy groups -OCH3 is 2. The maximum atomic E-state index is 6.01. The molecule has 6 aromatic carbocycles. The Bertz CT molecular complexity index is 2450. The number of benzene rings is 6. The topological polar surface area (TPSA) is 47.5 Å². The fraction of sp³-hybridized carbons (Fsp3) is 0.0800. The summed E-state index contributed by atoms with van der Waals surface area (Å²) in [4.78, 5) is 12.2. The smallest absolute Gasteiger partial charge is 0.121 e. The van der Waals surface area contributed by atoms with Crippen LogP contribution in [0.25, 0.3) is 55.9 Å². The molecule has 0 saturated carbocycles. The zero-order valence-electron chi connectivity index (χ0n) is 31.4. The Labute approximate surface area is 323 Å². The zero-order chi connectivity index (χ0) is 37.7. The van der Waals surface area contributed by atoms with E-state index in [1.807, 2.05) is 30.6 Å². The van der Waals surface area contributed by atoms with Gasteiger partial charge in [0.15, 0.2) is 0 Å². The summed E-state index contributed by atoms with van der Waals surface area (Å²) < 4.78 is 12.0. The third kappa shape index (κ3) is 7.33. The van der Waals surface area contributed by atoms with Gasteiger partial charge in [-0.2, -0.15) is 0 Å². The van der Waals surface area contributed by atoms with Crippen LogP contribution in [0.2, 0.25) is 0 Å². The van der Waals surface area contributed by atoms with E-state index in [1.54, 1.807) is 14.2 Å². The van der Waals surface area contributed by atoms with Crippen molar-refractivity contribution in [2.45, 2.75) is 13.8 Å². The van der Waals surface area contributed by atoms with Crippen LogP contribution in [0.5, 0.6) is 11.5 Å². The van der Waals surface area contributed by atoms with E-state index in [4.69, 9.17) is 19.4 Å². The SMILES string of the molecule is COc1cc(-c2cc(-c3ccccc3)c(C)cn2)cc(N(c2cc(OC)cc(-c3cc(-c4ccccc4)c(C)cn3)c2)c2ccccc2-c2ccccc2)c1. The van der Waals surface area contributed by atoms with Gasteiger partial charge in [-0.3, -0.25) is 9.97 Å². The molecule has 0 unspecified atom stereocenters. The van der Waals surface area contributed by atoms with Crippen LogP contribution in [0.3, 0.4) is 0 Å². The zero-order valence-corrected chi connectivity index (χ0v) is 31.4. The molecule has 55 heavy (non-hydrogen) atoms. The van der Waals surface area contributed by atoms with Gasteiger partial charge in [-0.05, 0) is 95.3 Å². The molecule has 2 heterocycles. The summed E-state index contributed by atoms with van der Waals surface area (Å²) in [5.41, 5.74) is 15.4. The van der Waals surface area contributed by atoms with E-state index in [9.17, 15) is 0 Å². The minimum atomic E-state index is 0.717. The number of para-hydroxylation sites is 1. The molecule has 0 aliphatic rings. The van der Waals surface area contributed by atoms with Gasteiger partial charge in [0.2, 0.25) is 0 Å². The molecule has 0 bridgehead atoms. The number of hydrogen-bond acceptors (Lipinski definition) is 5. The number of aryl methyl sites for hydroxylation is 2. The summed E-state index contributed by atoms with van der Waals surface area (Å²) in [7, 11) is 3.42. The lowest BCUT2D eigenvalue weighted by Gasteiger charge is -2.29. The van der Waals surface area contributed by atoms with Gasteiger partial charge >= 0.3 is 0 Å². The first kappa shape index (κ1) is 35.1. The van der Waals surface area contributed by atoms with Gasteiger partial charge in [-0.1, -0.05) is 109 Å². The van der Waals surface area contributed by atoms with Gasteiger partial charge in [0.05, 0.1) is 42.7 Å². The molecule has 0 aliphatic heterocycles. The summed E-state index contributed by atoms with van der Waals surface area (Å²) in [6, 6.07) is 56.8. The van der Waals surface area contributed by atoms with Gasteiger partial charge in [-0.25, -0.2) is 0 Å². The predicted octanol–water partition coefficient (Wildman–Crippen LogP) is 12.9. The van der Waals surface area contributed by atoms with Crippen molar-refractivity contribution in [1.82, 2.24) is 9.97 Å². The quantitative estimate of drug-likeness (QED) is 0.141. The maximum absolute atomic E-state index is 6.01. The molecule has 8 rings (SSSR count). The van der Waals surface area contributed by atoms with E-state index in [0.717, 1.165) is 84.1 Å². The molecule has 5 nitrogen and oxygen atoms in total. The Morgan fingerprint density at radius 2 is 0.800 bits per heavy atom. The molecule has 268 valence electrons. The Morgan fingerprint density at radius 3 is 1.24 bits per heavy atom. The molecule has 0 saturated heterocycles. The lowest BCUT2D eigenvalue weighted by atomic mass is 9.98. The van der Waals surface area contributed by atoms with Gasteiger partial charge < -0.3 is 14.4 Å². The third-order valence-corrected chi connectivity index (χ3v) is 9.97. The summed E-state index contributed by atoms with van der Waals surface area (Å²) >= 11 is 0. The maximum Gasteiger partial charge on any atom is 0.121 e. The summed E-state index contributed by atoms with van der Waals surface area (Å²) in [5, 5.41) is 0. The summed E-state index contributed by atoms with van der Waals surface area (Å²) in [6.45, 7) is 4.20. The number of hydrogen-bond donors (Lipinski definition) is 0. The van der Waals surface area contributed by atoms with Crippen molar-refractivity contribution in [2.75, 3.05) is 19.1 Å². The molecule has 8 aromatic rings. The van der Waals surface area contributed by atoms with Crippen molar-refractivity contribution in [3.63, 3.8) is 0 Å². The monoisotopic (exact) mass is 715 g/mol. The first-order valence-corrected chi connectivity index (χ1v) is 18.4. The number of aromatic nitrogens is 2. The van der Waals surface area contributed by atoms with Crippen LogP contribution < -0.4 is 14.4 Å². The first-order valence-electron chi connectivity index (χ1n) is 18.4. The number of anilines is 3. The van der Waals surface area contributed by atoms with Crippen LogP contribution in [-0.2, 0) is 0 Å². The minimum Gasteiger partial charge on any atom is -0.497 e. The van der Waals surface area contributed by atoms with Crippen LogP contribution in [0.4, 0.5) is 17.1 Å². The summed E-state index contributed by atoms with van der Waals surface area (Å²) in [5.74, 6) is 1.43. The molecule has 2 aromatic heterocycles. The van der Waals surface area contributed by atoms with Gasteiger partial charge in [-0.15, -0.1) is 0 Å². The second-order valence-electron chi connectivity index (χ2n) is 13.6. The molecule has 5 heteroatoms. The highest BCUT2D eigenvalue weighted by molar-refractivity contribution is 5.91. The van der Waals surface area contributed by atoms with E-state index >= 15 is 0 Å². The highest BCUT2D eigenvalue weighted by Gasteiger charge is 2.21. The molecular formula is C50H41N3O2. The van der Waals surface area contributed by atoms with Crippen molar-refractivity contribution in [3.8, 4) is 67.4 Å². The average Bonchev–Trinajstić information content (AvgIpc) is 3.25. The molecule has 0 spiro atoms. The van der Waals surface area contributed by atoms with E-state index in [2.05, 4.69) is 164 Å². The van der Waals surface area contributed by atoms with Crippen molar-refractivity contribution in [3.05, 3.63) is 187 Å². The number of pyridine rings is 2. The average molecular weight is 716 g/mol. The van der Waals surface area contributed by atoms with Crippen LogP contribution in [-0.4, -0.2) is 24.2 Å². The van der Waals surface area contributed by atoms with Crippen molar-refractivity contribution in [2.24, 2.45) is 0 Å². The second-order valence-corrected chi connectivity index (χ2v) is 13.6. The molecular weight excluding hydrogens is 675 g/mol. The Morgan fingerprint density at radius 1 is 0.400 bits per heavy atom. The Hall–Kier alpha value is -6.98.